The fourth-order valence-electron chi connectivity index (χ4n) is 1.69. The van der Waals surface area contributed by atoms with E-state index >= 15 is 0 Å². The van der Waals surface area contributed by atoms with Crippen molar-refractivity contribution in [1.29, 1.82) is 5.41 Å². The smallest absolute Gasteiger partial charge is 0.120 e. The van der Waals surface area contributed by atoms with Crippen molar-refractivity contribution in [3.8, 4) is 0 Å². The summed E-state index contributed by atoms with van der Waals surface area (Å²) >= 11 is 5.17. The van der Waals surface area contributed by atoms with Gasteiger partial charge < -0.3 is 10.7 Å². The summed E-state index contributed by atoms with van der Waals surface area (Å²) in [5.74, 6) is 0.853. The van der Waals surface area contributed by atoms with E-state index in [0.29, 0.717) is 5.71 Å². The second-order valence-corrected chi connectivity index (χ2v) is 6.81. The van der Waals surface area contributed by atoms with Crippen molar-refractivity contribution in [3.05, 3.63) is 26.3 Å². The summed E-state index contributed by atoms with van der Waals surface area (Å²) in [7, 11) is 0. The van der Waals surface area contributed by atoms with Crippen LogP contribution in [0.2, 0.25) is 0 Å². The van der Waals surface area contributed by atoms with Crippen LogP contribution in [0.5, 0.6) is 0 Å². The molecule has 2 N–H and O–H groups in total. The molecule has 1 heterocycles. The van der Waals surface area contributed by atoms with Gasteiger partial charge in [-0.05, 0) is 54.1 Å². The molecule has 0 bridgehead atoms. The summed E-state index contributed by atoms with van der Waals surface area (Å²) in [6.07, 6.45) is 5.47. The third kappa shape index (κ3) is 3.92. The summed E-state index contributed by atoms with van der Waals surface area (Å²) in [4.78, 5) is 5.55. The van der Waals surface area contributed by atoms with E-state index < -0.39 is 0 Å². The van der Waals surface area contributed by atoms with Gasteiger partial charge in [0, 0.05) is 29.8 Å². The summed E-state index contributed by atoms with van der Waals surface area (Å²) in [6.45, 7) is 4.89. The number of aryl methyl sites for hydroxylation is 1. The molecule has 0 aliphatic heterocycles. The average molecular weight is 328 g/mol. The Balaban J connectivity index is 2.00. The number of aromatic nitrogens is 1. The minimum absolute atomic E-state index is 0.622. The molecule has 1 aliphatic carbocycles. The number of rotatable bonds is 6. The van der Waals surface area contributed by atoms with Crippen LogP contribution in [-0.2, 0) is 6.42 Å². The Morgan fingerprint density at radius 1 is 1.61 bits per heavy atom. The van der Waals surface area contributed by atoms with Crippen LogP contribution in [0, 0.1) is 18.3 Å². The highest BCUT2D eigenvalue weighted by atomic mass is 79.9. The molecule has 1 aliphatic rings. The lowest BCUT2D eigenvalue weighted by molar-refractivity contribution is 0.744. The molecule has 0 radical (unpaired) electrons. The van der Waals surface area contributed by atoms with E-state index in [4.69, 9.17) is 5.41 Å². The van der Waals surface area contributed by atoms with Crippen LogP contribution in [0.1, 0.15) is 29.7 Å². The van der Waals surface area contributed by atoms with Gasteiger partial charge in [-0.25, -0.2) is 4.98 Å². The molecule has 0 aromatic carbocycles. The van der Waals surface area contributed by atoms with E-state index in [1.165, 1.54) is 17.7 Å². The van der Waals surface area contributed by atoms with Crippen molar-refractivity contribution in [3.63, 3.8) is 0 Å². The van der Waals surface area contributed by atoms with E-state index in [2.05, 4.69) is 26.2 Å². The van der Waals surface area contributed by atoms with Crippen LogP contribution in [-0.4, -0.2) is 17.2 Å². The van der Waals surface area contributed by atoms with Crippen molar-refractivity contribution in [2.75, 3.05) is 6.54 Å². The van der Waals surface area contributed by atoms with Gasteiger partial charge in [-0.1, -0.05) is 0 Å². The first-order valence-corrected chi connectivity index (χ1v) is 7.77. The van der Waals surface area contributed by atoms with Crippen molar-refractivity contribution >= 4 is 33.0 Å². The fraction of sp³-hybridized carbons (Fsp3) is 0.538. The van der Waals surface area contributed by atoms with E-state index in [0.717, 1.165) is 34.1 Å². The molecule has 1 aromatic rings. The first kappa shape index (κ1) is 13.7. The van der Waals surface area contributed by atoms with Gasteiger partial charge in [-0.2, -0.15) is 0 Å². The van der Waals surface area contributed by atoms with Gasteiger partial charge in [0.05, 0.1) is 5.01 Å². The van der Waals surface area contributed by atoms with Crippen molar-refractivity contribution in [2.45, 2.75) is 33.1 Å². The number of nitrogens with zero attached hydrogens (tertiary/aromatic N) is 1. The Bertz CT molecular complexity index is 475. The molecule has 5 heteroatoms. The van der Waals surface area contributed by atoms with E-state index in [1.54, 1.807) is 11.3 Å². The van der Waals surface area contributed by atoms with Crippen LogP contribution in [0.25, 0.3) is 0 Å². The minimum Gasteiger partial charge on any atom is -0.390 e. The van der Waals surface area contributed by atoms with Crippen LogP contribution >= 0.6 is 27.3 Å². The summed E-state index contributed by atoms with van der Waals surface area (Å²) < 4.78 is 0.916. The number of nitrogens with one attached hydrogen (secondary N) is 2. The number of allylic oxidation sites excluding steroid dienone is 1. The molecular weight excluding hydrogens is 310 g/mol. The van der Waals surface area contributed by atoms with Crippen LogP contribution < -0.4 is 5.32 Å². The Morgan fingerprint density at radius 3 is 2.83 bits per heavy atom. The number of halogens is 1. The fourth-order valence-corrected chi connectivity index (χ4v) is 3.31. The monoisotopic (exact) mass is 327 g/mol. The van der Waals surface area contributed by atoms with Crippen LogP contribution in [0.4, 0.5) is 0 Å². The van der Waals surface area contributed by atoms with Crippen molar-refractivity contribution in [1.82, 2.24) is 10.3 Å². The van der Waals surface area contributed by atoms with Crippen LogP contribution in [0.3, 0.4) is 0 Å². The number of hydrogen-bond donors (Lipinski definition) is 2. The highest BCUT2D eigenvalue weighted by Crippen LogP contribution is 2.28. The molecule has 0 atom stereocenters. The predicted octanol–water partition coefficient (Wildman–Crippen LogP) is 3.68. The largest absolute Gasteiger partial charge is 0.390 e. The molecule has 1 fully saturated rings. The summed E-state index contributed by atoms with van der Waals surface area (Å²) in [5, 5.41) is 12.2. The molecule has 98 valence electrons. The Morgan fingerprint density at radius 2 is 2.33 bits per heavy atom. The zero-order valence-electron chi connectivity index (χ0n) is 10.7. The van der Waals surface area contributed by atoms with Gasteiger partial charge >= 0.3 is 0 Å². The lowest BCUT2D eigenvalue weighted by Gasteiger charge is -2.06. The number of thiazole rings is 1. The standard InChI is InChI=1S/C13H18BrN3S/c1-8(15)11(7-16-6-10-3-4-10)5-12-13(14)17-9(2)18-12/h7,10,15-16H,3-6H2,1-2H3/b11-7-,15-8?. The Kier molecular flexibility index (Phi) is 4.56. The molecule has 0 unspecified atom stereocenters. The second kappa shape index (κ2) is 5.97. The molecule has 0 spiro atoms. The zero-order chi connectivity index (χ0) is 13.1. The van der Waals surface area contributed by atoms with Gasteiger partial charge in [0.15, 0.2) is 0 Å². The molecule has 1 saturated carbocycles. The summed E-state index contributed by atoms with van der Waals surface area (Å²) in [5.41, 5.74) is 1.66. The Hall–Kier alpha value is -0.680. The van der Waals surface area contributed by atoms with Gasteiger partial charge in [-0.15, -0.1) is 11.3 Å². The molecule has 3 nitrogen and oxygen atoms in total. The maximum Gasteiger partial charge on any atom is 0.120 e. The van der Waals surface area contributed by atoms with Crippen molar-refractivity contribution in [2.24, 2.45) is 5.92 Å². The van der Waals surface area contributed by atoms with Gasteiger partial charge in [0.25, 0.3) is 0 Å². The van der Waals surface area contributed by atoms with E-state index in [9.17, 15) is 0 Å². The zero-order valence-corrected chi connectivity index (χ0v) is 13.1. The van der Waals surface area contributed by atoms with Crippen molar-refractivity contribution < 1.29 is 0 Å². The second-order valence-electron chi connectivity index (χ2n) is 4.77. The molecule has 18 heavy (non-hydrogen) atoms. The maximum atomic E-state index is 7.84. The number of hydrogen-bond acceptors (Lipinski definition) is 4. The van der Waals surface area contributed by atoms with Crippen LogP contribution in [0.15, 0.2) is 16.4 Å². The average Bonchev–Trinajstić information content (AvgIpc) is 3.04. The van der Waals surface area contributed by atoms with E-state index in [1.807, 2.05) is 20.0 Å². The van der Waals surface area contributed by atoms with E-state index in [-0.39, 0.29) is 0 Å². The lowest BCUT2D eigenvalue weighted by atomic mass is 10.1. The predicted molar refractivity (Wildman–Crippen MR) is 80.5 cm³/mol. The third-order valence-electron chi connectivity index (χ3n) is 2.97. The Labute approximate surface area is 120 Å². The molecular formula is C13H18BrN3S. The first-order valence-electron chi connectivity index (χ1n) is 6.16. The summed E-state index contributed by atoms with van der Waals surface area (Å²) in [6, 6.07) is 0. The molecule has 1 aromatic heterocycles. The SMILES string of the molecule is CC(=N)/C(=C\NCC1CC1)Cc1sc(C)nc1Br. The van der Waals surface area contributed by atoms with Gasteiger partial charge in [-0.3, -0.25) is 0 Å². The third-order valence-corrected chi connectivity index (χ3v) is 4.86. The molecule has 0 saturated heterocycles. The highest BCUT2D eigenvalue weighted by molar-refractivity contribution is 9.10. The normalized spacial score (nSPS) is 15.8. The minimum atomic E-state index is 0.622. The first-order chi connectivity index (χ1) is 8.56. The lowest BCUT2D eigenvalue weighted by Crippen LogP contribution is -2.12. The molecule has 0 amide bonds. The maximum absolute atomic E-state index is 7.84. The topological polar surface area (TPSA) is 48.8 Å². The highest BCUT2D eigenvalue weighted by Gasteiger charge is 2.20. The quantitative estimate of drug-likeness (QED) is 0.783. The van der Waals surface area contributed by atoms with Gasteiger partial charge in [0.2, 0.25) is 0 Å². The molecule has 2 rings (SSSR count). The van der Waals surface area contributed by atoms with Gasteiger partial charge in [0.1, 0.15) is 4.60 Å².